The van der Waals surface area contributed by atoms with Crippen LogP contribution in [0.25, 0.3) is 0 Å². The molecule has 1 saturated heterocycles. The molecule has 0 aliphatic carbocycles. The minimum absolute atomic E-state index is 0.0353. The van der Waals surface area contributed by atoms with Gasteiger partial charge in [-0.1, -0.05) is 15.9 Å². The number of carbonyl (C=O) groups excluding carboxylic acids is 2. The number of ether oxygens (including phenoxy) is 1. The number of carbonyl (C=O) groups is 2. The number of amides is 1. The van der Waals surface area contributed by atoms with E-state index in [4.69, 9.17) is 4.74 Å². The predicted octanol–water partition coefficient (Wildman–Crippen LogP) is 3.19. The second-order valence-corrected chi connectivity index (χ2v) is 6.71. The number of hydrogen-bond acceptors (Lipinski definition) is 4. The maximum atomic E-state index is 13.7. The van der Waals surface area contributed by atoms with Crippen molar-refractivity contribution < 1.29 is 18.7 Å². The van der Waals surface area contributed by atoms with Gasteiger partial charge in [0.1, 0.15) is 5.82 Å². The monoisotopic (exact) mass is 400 g/mol. The highest BCUT2D eigenvalue weighted by Gasteiger charge is 2.26. The Hall–Kier alpha value is -1.47. The summed E-state index contributed by atoms with van der Waals surface area (Å²) in [6.07, 6.45) is 1.79. The molecular formula is C17H22BrFN2O3. The molecule has 0 saturated carbocycles. The van der Waals surface area contributed by atoms with Crippen LogP contribution in [0.2, 0.25) is 0 Å². The van der Waals surface area contributed by atoms with Gasteiger partial charge in [-0.25, -0.2) is 4.39 Å². The maximum Gasteiger partial charge on any atom is 0.309 e. The third-order valence-corrected chi connectivity index (χ3v) is 4.56. The fourth-order valence-electron chi connectivity index (χ4n) is 2.72. The second-order valence-electron chi connectivity index (χ2n) is 5.79. The van der Waals surface area contributed by atoms with Gasteiger partial charge < -0.3 is 15.0 Å². The van der Waals surface area contributed by atoms with Crippen LogP contribution in [-0.2, 0) is 14.3 Å². The number of likely N-dealkylation sites (tertiary alicyclic amines) is 1. The lowest BCUT2D eigenvalue weighted by Gasteiger charge is -2.30. The van der Waals surface area contributed by atoms with Crippen LogP contribution in [0.1, 0.15) is 26.2 Å². The fourth-order valence-corrected chi connectivity index (χ4v) is 3.05. The van der Waals surface area contributed by atoms with E-state index in [2.05, 4.69) is 26.1 Å². The van der Waals surface area contributed by atoms with E-state index in [0.29, 0.717) is 24.0 Å². The quantitative estimate of drug-likeness (QED) is 0.744. The predicted molar refractivity (Wildman–Crippen MR) is 93.1 cm³/mol. The maximum absolute atomic E-state index is 13.7. The van der Waals surface area contributed by atoms with Gasteiger partial charge in [-0.2, -0.15) is 0 Å². The van der Waals surface area contributed by atoms with E-state index in [0.717, 1.165) is 25.9 Å². The van der Waals surface area contributed by atoms with Crippen molar-refractivity contribution in [2.24, 2.45) is 5.92 Å². The van der Waals surface area contributed by atoms with Gasteiger partial charge in [-0.15, -0.1) is 0 Å². The smallest absolute Gasteiger partial charge is 0.309 e. The number of benzene rings is 1. The summed E-state index contributed by atoms with van der Waals surface area (Å²) in [7, 11) is 0. The Morgan fingerprint density at radius 1 is 1.38 bits per heavy atom. The Balaban J connectivity index is 1.72. The highest BCUT2D eigenvalue weighted by atomic mass is 79.9. The Kier molecular flexibility index (Phi) is 7.17. The Morgan fingerprint density at radius 3 is 2.71 bits per heavy atom. The summed E-state index contributed by atoms with van der Waals surface area (Å²) in [6, 6.07) is 4.52. The summed E-state index contributed by atoms with van der Waals surface area (Å²) in [4.78, 5) is 25.8. The first kappa shape index (κ1) is 18.9. The molecule has 1 heterocycles. The summed E-state index contributed by atoms with van der Waals surface area (Å²) >= 11 is 3.18. The molecule has 1 aliphatic heterocycles. The molecule has 1 fully saturated rings. The van der Waals surface area contributed by atoms with E-state index < -0.39 is 5.82 Å². The number of esters is 1. The minimum Gasteiger partial charge on any atom is -0.466 e. The Morgan fingerprint density at radius 2 is 2.08 bits per heavy atom. The molecule has 5 nitrogen and oxygen atoms in total. The SMILES string of the molecule is CCOC(=O)C1CCN(CCC(=O)Nc2ccc(Br)cc2F)CC1. The van der Waals surface area contributed by atoms with E-state index in [1.807, 2.05) is 0 Å². The van der Waals surface area contributed by atoms with Crippen LogP contribution in [0.15, 0.2) is 22.7 Å². The molecule has 0 unspecified atom stereocenters. The molecule has 0 bridgehead atoms. The third kappa shape index (κ3) is 5.56. The molecule has 0 radical (unpaired) electrons. The number of hydrogen-bond donors (Lipinski definition) is 1. The molecule has 2 rings (SSSR count). The Bertz CT molecular complexity index is 589. The van der Waals surface area contributed by atoms with E-state index in [9.17, 15) is 14.0 Å². The van der Waals surface area contributed by atoms with Gasteiger partial charge in [0.25, 0.3) is 0 Å². The zero-order chi connectivity index (χ0) is 17.5. The van der Waals surface area contributed by atoms with Crippen LogP contribution >= 0.6 is 15.9 Å². The van der Waals surface area contributed by atoms with Crippen LogP contribution in [-0.4, -0.2) is 43.0 Å². The number of halogens is 2. The number of piperidine rings is 1. The Labute approximate surface area is 149 Å². The first-order valence-electron chi connectivity index (χ1n) is 8.13. The first-order chi connectivity index (χ1) is 11.5. The molecular weight excluding hydrogens is 379 g/mol. The largest absolute Gasteiger partial charge is 0.466 e. The summed E-state index contributed by atoms with van der Waals surface area (Å²) in [5.74, 6) is -0.843. The van der Waals surface area contributed by atoms with Crippen molar-refractivity contribution in [3.05, 3.63) is 28.5 Å². The lowest BCUT2D eigenvalue weighted by Crippen LogP contribution is -2.38. The van der Waals surface area contributed by atoms with Crippen molar-refractivity contribution in [2.45, 2.75) is 26.2 Å². The first-order valence-corrected chi connectivity index (χ1v) is 8.92. The highest BCUT2D eigenvalue weighted by molar-refractivity contribution is 9.10. The molecule has 1 aromatic rings. The number of rotatable bonds is 6. The highest BCUT2D eigenvalue weighted by Crippen LogP contribution is 2.20. The van der Waals surface area contributed by atoms with Gasteiger partial charge >= 0.3 is 5.97 Å². The number of nitrogens with zero attached hydrogens (tertiary/aromatic N) is 1. The molecule has 1 amide bonds. The van der Waals surface area contributed by atoms with Crippen molar-refractivity contribution in [1.29, 1.82) is 0 Å². The van der Waals surface area contributed by atoms with Crippen molar-refractivity contribution >= 4 is 33.5 Å². The van der Waals surface area contributed by atoms with E-state index >= 15 is 0 Å². The standard InChI is InChI=1S/C17H22BrFN2O3/c1-2-24-17(23)12-5-8-21(9-6-12)10-7-16(22)20-15-4-3-13(18)11-14(15)19/h3-4,11-12H,2,5-10H2,1H3,(H,20,22). The fraction of sp³-hybridized carbons (Fsp3) is 0.529. The molecule has 132 valence electrons. The van der Waals surface area contributed by atoms with Crippen LogP contribution in [0.5, 0.6) is 0 Å². The van der Waals surface area contributed by atoms with E-state index in [-0.39, 0.29) is 23.5 Å². The van der Waals surface area contributed by atoms with Gasteiger partial charge in [-0.05, 0) is 51.1 Å². The summed E-state index contributed by atoms with van der Waals surface area (Å²) in [6.45, 7) is 4.35. The van der Waals surface area contributed by atoms with E-state index in [1.54, 1.807) is 13.0 Å². The molecule has 0 aromatic heterocycles. The van der Waals surface area contributed by atoms with E-state index in [1.165, 1.54) is 12.1 Å². The molecule has 24 heavy (non-hydrogen) atoms. The van der Waals surface area contributed by atoms with Crippen LogP contribution in [0, 0.1) is 11.7 Å². The van der Waals surface area contributed by atoms with Gasteiger partial charge in [0.2, 0.25) is 5.91 Å². The number of nitrogens with one attached hydrogen (secondary N) is 1. The molecule has 1 aliphatic rings. The number of anilines is 1. The lowest BCUT2D eigenvalue weighted by atomic mass is 9.97. The average Bonchev–Trinajstić information content (AvgIpc) is 2.56. The van der Waals surface area contributed by atoms with Crippen LogP contribution in [0.4, 0.5) is 10.1 Å². The third-order valence-electron chi connectivity index (χ3n) is 4.07. The molecule has 0 atom stereocenters. The molecule has 1 aromatic carbocycles. The minimum atomic E-state index is -0.465. The molecule has 0 spiro atoms. The summed E-state index contributed by atoms with van der Waals surface area (Å²) in [5.41, 5.74) is 0.184. The average molecular weight is 401 g/mol. The zero-order valence-corrected chi connectivity index (χ0v) is 15.3. The lowest BCUT2D eigenvalue weighted by molar-refractivity contribution is -0.149. The van der Waals surface area contributed by atoms with Crippen molar-refractivity contribution in [3.8, 4) is 0 Å². The van der Waals surface area contributed by atoms with Gasteiger partial charge in [0.05, 0.1) is 18.2 Å². The summed E-state index contributed by atoms with van der Waals surface area (Å²) in [5, 5.41) is 2.59. The van der Waals surface area contributed by atoms with Gasteiger partial charge in [0.15, 0.2) is 0 Å². The van der Waals surface area contributed by atoms with Crippen LogP contribution < -0.4 is 5.32 Å². The zero-order valence-electron chi connectivity index (χ0n) is 13.7. The van der Waals surface area contributed by atoms with Crippen molar-refractivity contribution in [1.82, 2.24) is 4.90 Å². The normalized spacial score (nSPS) is 16.0. The van der Waals surface area contributed by atoms with Crippen molar-refractivity contribution in [3.63, 3.8) is 0 Å². The van der Waals surface area contributed by atoms with Crippen LogP contribution in [0.3, 0.4) is 0 Å². The molecule has 7 heteroatoms. The van der Waals surface area contributed by atoms with Gasteiger partial charge in [-0.3, -0.25) is 9.59 Å². The van der Waals surface area contributed by atoms with Gasteiger partial charge in [0, 0.05) is 17.4 Å². The van der Waals surface area contributed by atoms with Crippen molar-refractivity contribution in [2.75, 3.05) is 31.6 Å². The molecule has 1 N–H and O–H groups in total. The topological polar surface area (TPSA) is 58.6 Å². The second kappa shape index (κ2) is 9.13. The summed E-state index contributed by atoms with van der Waals surface area (Å²) < 4.78 is 19.4.